The molecule has 1 aliphatic heterocycles. The quantitative estimate of drug-likeness (QED) is 0.442. The molecule has 17 heavy (non-hydrogen) atoms. The van der Waals surface area contributed by atoms with Gasteiger partial charge in [-0.05, 0) is 6.42 Å². The van der Waals surface area contributed by atoms with Crippen LogP contribution in [-0.4, -0.2) is 17.4 Å². The fourth-order valence-electron chi connectivity index (χ4n) is 1.49. The number of amidine groups is 1. The molecule has 92 valence electrons. The van der Waals surface area contributed by atoms with Crippen LogP contribution in [0.25, 0.3) is 0 Å². The first kappa shape index (κ1) is 15.2. The van der Waals surface area contributed by atoms with E-state index in [2.05, 4.69) is 10.2 Å². The average Bonchev–Trinajstić information content (AvgIpc) is 2.29. The minimum absolute atomic E-state index is 0. The monoisotopic (exact) mass is 256 g/mol. The summed E-state index contributed by atoms with van der Waals surface area (Å²) in [5, 5.41) is 14.5. The van der Waals surface area contributed by atoms with E-state index in [0.717, 1.165) is 12.2 Å². The van der Waals surface area contributed by atoms with Crippen molar-refractivity contribution in [3.63, 3.8) is 0 Å². The normalized spacial score (nSPS) is 23.6. The molecule has 0 aromatic rings. The Morgan fingerprint density at radius 3 is 2.00 bits per heavy atom. The minimum Gasteiger partial charge on any atom is -0.386 e. The maximum atomic E-state index is 11.9. The van der Waals surface area contributed by atoms with Crippen LogP contribution in [0.2, 0.25) is 0 Å². The molecular weight excluding hydrogens is 244 g/mol. The second-order valence-electron chi connectivity index (χ2n) is 3.26. The number of nitrogens with one attached hydrogen (secondary N) is 1. The summed E-state index contributed by atoms with van der Waals surface area (Å²) in [6.07, 6.45) is 4.71. The molecule has 0 fully saturated rings. The van der Waals surface area contributed by atoms with Crippen LogP contribution in [0.15, 0.2) is 34.8 Å². The van der Waals surface area contributed by atoms with Crippen LogP contribution in [0.5, 0.6) is 0 Å². The van der Waals surface area contributed by atoms with Gasteiger partial charge in [0, 0.05) is 12.2 Å². The maximum Gasteiger partial charge on any atom is 0.178 e. The number of ketones is 2. The van der Waals surface area contributed by atoms with E-state index in [1.807, 2.05) is 0 Å². The van der Waals surface area contributed by atoms with E-state index in [1.165, 1.54) is 12.4 Å². The number of hydrogen-bond donors (Lipinski definition) is 2. The molecule has 0 saturated carbocycles. The summed E-state index contributed by atoms with van der Waals surface area (Å²) in [4.78, 5) is 23.7. The first-order valence-electron chi connectivity index (χ1n) is 4.72. The number of halogens is 1. The van der Waals surface area contributed by atoms with Crippen molar-refractivity contribution < 1.29 is 9.59 Å². The standard InChI is InChI=1S/C10H12N4O2.ClH/c1-2-10(9(11)12)7(15)3-5-13-14-6-4-8(10)16;/h3-6H,2H2,1H3,(H3,11,12);1H. The topological polar surface area (TPSA) is 109 Å². The number of rotatable bonds is 2. The van der Waals surface area contributed by atoms with Gasteiger partial charge in [-0.25, -0.2) is 0 Å². The van der Waals surface area contributed by atoms with Crippen molar-refractivity contribution in [3.05, 3.63) is 24.6 Å². The van der Waals surface area contributed by atoms with E-state index in [9.17, 15) is 9.59 Å². The summed E-state index contributed by atoms with van der Waals surface area (Å²) in [6, 6.07) is 0. The van der Waals surface area contributed by atoms with Gasteiger partial charge < -0.3 is 5.73 Å². The molecule has 0 aromatic carbocycles. The Balaban J connectivity index is 0.00000256. The van der Waals surface area contributed by atoms with Crippen molar-refractivity contribution >= 4 is 29.8 Å². The number of hydrogen-bond acceptors (Lipinski definition) is 5. The first-order valence-corrected chi connectivity index (χ1v) is 4.72. The van der Waals surface area contributed by atoms with Crippen molar-refractivity contribution in [1.82, 2.24) is 0 Å². The van der Waals surface area contributed by atoms with Gasteiger partial charge in [0.1, 0.15) is 5.84 Å². The van der Waals surface area contributed by atoms with Gasteiger partial charge in [0.15, 0.2) is 17.0 Å². The molecule has 0 radical (unpaired) electrons. The molecule has 0 saturated heterocycles. The molecule has 6 nitrogen and oxygen atoms in total. The third kappa shape index (κ3) is 2.65. The Hall–Kier alpha value is -1.82. The molecule has 0 atom stereocenters. The summed E-state index contributed by atoms with van der Waals surface area (Å²) in [5.74, 6) is -1.54. The number of allylic oxidation sites excluding steroid dienone is 2. The van der Waals surface area contributed by atoms with Crippen LogP contribution in [0, 0.1) is 10.8 Å². The second kappa shape index (κ2) is 6.05. The Morgan fingerprint density at radius 1 is 1.29 bits per heavy atom. The first-order chi connectivity index (χ1) is 7.55. The molecular formula is C10H13ClN4O2. The highest BCUT2D eigenvalue weighted by Crippen LogP contribution is 2.26. The highest BCUT2D eigenvalue weighted by atomic mass is 35.5. The van der Waals surface area contributed by atoms with E-state index >= 15 is 0 Å². The molecule has 0 amide bonds. The highest BCUT2D eigenvalue weighted by molar-refractivity contribution is 6.29. The van der Waals surface area contributed by atoms with Gasteiger partial charge in [0.25, 0.3) is 0 Å². The summed E-state index contributed by atoms with van der Waals surface area (Å²) < 4.78 is 0. The van der Waals surface area contributed by atoms with Crippen LogP contribution >= 0.6 is 12.4 Å². The smallest absolute Gasteiger partial charge is 0.178 e. The van der Waals surface area contributed by atoms with Crippen LogP contribution in [-0.2, 0) is 9.59 Å². The number of azo groups is 1. The summed E-state index contributed by atoms with van der Waals surface area (Å²) >= 11 is 0. The summed E-state index contributed by atoms with van der Waals surface area (Å²) in [7, 11) is 0. The summed E-state index contributed by atoms with van der Waals surface area (Å²) in [6.45, 7) is 1.63. The van der Waals surface area contributed by atoms with Crippen LogP contribution in [0.1, 0.15) is 13.3 Å². The van der Waals surface area contributed by atoms with Crippen LogP contribution in [0.4, 0.5) is 0 Å². The zero-order valence-electron chi connectivity index (χ0n) is 9.21. The molecule has 0 aromatic heterocycles. The van der Waals surface area contributed by atoms with E-state index in [-0.39, 0.29) is 18.8 Å². The predicted octanol–water partition coefficient (Wildman–Crippen LogP) is 1.37. The molecule has 0 spiro atoms. The van der Waals surface area contributed by atoms with E-state index in [4.69, 9.17) is 11.1 Å². The minimum atomic E-state index is -1.61. The fraction of sp³-hybridized carbons (Fsp3) is 0.300. The van der Waals surface area contributed by atoms with E-state index in [1.54, 1.807) is 6.92 Å². The van der Waals surface area contributed by atoms with Crippen molar-refractivity contribution in [2.45, 2.75) is 13.3 Å². The van der Waals surface area contributed by atoms with Gasteiger partial charge in [-0.15, -0.1) is 12.4 Å². The van der Waals surface area contributed by atoms with Crippen molar-refractivity contribution in [3.8, 4) is 0 Å². The zero-order valence-corrected chi connectivity index (χ0v) is 10.0. The van der Waals surface area contributed by atoms with Crippen molar-refractivity contribution in [1.29, 1.82) is 5.41 Å². The Labute approximate surface area is 105 Å². The van der Waals surface area contributed by atoms with Crippen molar-refractivity contribution in [2.24, 2.45) is 21.4 Å². The largest absolute Gasteiger partial charge is 0.386 e. The van der Waals surface area contributed by atoms with E-state index < -0.39 is 22.8 Å². The van der Waals surface area contributed by atoms with Gasteiger partial charge in [0.2, 0.25) is 0 Å². The average molecular weight is 257 g/mol. The molecule has 7 heteroatoms. The number of nitrogens with two attached hydrogens (primary N) is 1. The second-order valence-corrected chi connectivity index (χ2v) is 3.26. The van der Waals surface area contributed by atoms with E-state index in [0.29, 0.717) is 0 Å². The molecule has 3 N–H and O–H groups in total. The van der Waals surface area contributed by atoms with Gasteiger partial charge in [-0.2, -0.15) is 10.2 Å². The number of carbonyl (C=O) groups is 2. The molecule has 0 unspecified atom stereocenters. The van der Waals surface area contributed by atoms with Crippen molar-refractivity contribution in [2.75, 3.05) is 0 Å². The highest BCUT2D eigenvalue weighted by Gasteiger charge is 2.44. The molecule has 0 aliphatic carbocycles. The van der Waals surface area contributed by atoms with Gasteiger partial charge >= 0.3 is 0 Å². The molecule has 1 heterocycles. The fourth-order valence-corrected chi connectivity index (χ4v) is 1.49. The van der Waals surface area contributed by atoms with Gasteiger partial charge in [-0.3, -0.25) is 15.0 Å². The number of carbonyl (C=O) groups excluding carboxylic acids is 2. The SMILES string of the molecule is CCC1(C(=N)N)C(=O)C=CN=NC=CC1=O.Cl. The van der Waals surface area contributed by atoms with Crippen LogP contribution < -0.4 is 5.73 Å². The Morgan fingerprint density at radius 2 is 1.71 bits per heavy atom. The molecule has 0 bridgehead atoms. The Bertz CT molecular complexity index is 398. The van der Waals surface area contributed by atoms with Gasteiger partial charge in [0.05, 0.1) is 12.4 Å². The van der Waals surface area contributed by atoms with Gasteiger partial charge in [-0.1, -0.05) is 6.92 Å². The molecule has 1 rings (SSSR count). The lowest BCUT2D eigenvalue weighted by Crippen LogP contribution is -2.48. The third-order valence-electron chi connectivity index (χ3n) is 2.48. The lowest BCUT2D eigenvalue weighted by molar-refractivity contribution is -0.131. The zero-order chi connectivity index (χ0) is 12.2. The molecule has 1 aliphatic rings. The number of nitrogens with zero attached hydrogens (tertiary/aromatic N) is 2. The third-order valence-corrected chi connectivity index (χ3v) is 2.48. The summed E-state index contributed by atoms with van der Waals surface area (Å²) in [5.41, 5.74) is 3.77. The van der Waals surface area contributed by atoms with Crippen LogP contribution in [0.3, 0.4) is 0 Å². The Kier molecular flexibility index (Phi) is 5.40. The lowest BCUT2D eigenvalue weighted by atomic mass is 9.75. The maximum absolute atomic E-state index is 11.9. The predicted molar refractivity (Wildman–Crippen MR) is 65.0 cm³/mol. The lowest BCUT2D eigenvalue weighted by Gasteiger charge is -2.25.